The number of hydrogen-bond acceptors (Lipinski definition) is 9. The summed E-state index contributed by atoms with van der Waals surface area (Å²) < 4.78 is 30.0. The first-order chi connectivity index (χ1) is 19.7. The van der Waals surface area contributed by atoms with Crippen molar-refractivity contribution >= 4 is 23.9 Å². The van der Waals surface area contributed by atoms with Crippen LogP contribution in [0.15, 0.2) is 36.5 Å². The number of carbonyl (C=O) groups excluding carboxylic acids is 4. The van der Waals surface area contributed by atoms with Crippen molar-refractivity contribution in [1.82, 2.24) is 0 Å². The second kappa shape index (κ2) is 13.6. The number of rotatable bonds is 12. The van der Waals surface area contributed by atoms with Crippen LogP contribution >= 0.6 is 0 Å². The summed E-state index contributed by atoms with van der Waals surface area (Å²) in [6, 6.07) is 0. The van der Waals surface area contributed by atoms with Crippen LogP contribution in [0.5, 0.6) is 0 Å². The summed E-state index contributed by atoms with van der Waals surface area (Å²) in [6.45, 7) is 20.5. The quantitative estimate of drug-likeness (QED) is 0.118. The highest BCUT2D eigenvalue weighted by Crippen LogP contribution is 2.68. The Morgan fingerprint density at radius 3 is 2.31 bits per heavy atom. The van der Waals surface area contributed by atoms with Crippen molar-refractivity contribution in [2.24, 2.45) is 28.6 Å². The Labute approximate surface area is 250 Å². The molecule has 2 aliphatic carbocycles. The molecular formula is C33H48O9. The number of esters is 4. The van der Waals surface area contributed by atoms with Crippen molar-refractivity contribution < 1.29 is 42.9 Å². The maximum Gasteiger partial charge on any atom is 0.309 e. The SMILES string of the molecule is C=CC(=C)CC[C@@]1(C)[C@@H](C)C[C@@H](OC(=O)CCC)C23C(=C[C@@H](OC(=O)C(C)CC)C[C@@H]21)[C@H](OC(C)=O)O[C@@H]3OC(C)=O. The van der Waals surface area contributed by atoms with Gasteiger partial charge in [0, 0.05) is 25.8 Å². The van der Waals surface area contributed by atoms with Gasteiger partial charge in [-0.15, -0.1) is 0 Å². The van der Waals surface area contributed by atoms with Crippen molar-refractivity contribution in [2.45, 2.75) is 118 Å². The third-order valence-corrected chi connectivity index (χ3v) is 9.65. The van der Waals surface area contributed by atoms with Gasteiger partial charge in [0.15, 0.2) is 0 Å². The predicted octanol–water partition coefficient (Wildman–Crippen LogP) is 5.97. The van der Waals surface area contributed by atoms with Crippen molar-refractivity contribution in [3.05, 3.63) is 36.5 Å². The van der Waals surface area contributed by atoms with Crippen LogP contribution in [0.25, 0.3) is 0 Å². The second-order valence-corrected chi connectivity index (χ2v) is 12.4. The van der Waals surface area contributed by atoms with Gasteiger partial charge in [0.2, 0.25) is 12.6 Å². The van der Waals surface area contributed by atoms with Gasteiger partial charge in [0.1, 0.15) is 17.6 Å². The maximum atomic E-state index is 13.0. The van der Waals surface area contributed by atoms with E-state index in [-0.39, 0.29) is 36.1 Å². The Morgan fingerprint density at radius 2 is 1.74 bits per heavy atom. The molecule has 42 heavy (non-hydrogen) atoms. The van der Waals surface area contributed by atoms with Crippen LogP contribution in [-0.2, 0) is 42.9 Å². The molecule has 0 aromatic carbocycles. The third kappa shape index (κ3) is 6.51. The molecule has 234 valence electrons. The summed E-state index contributed by atoms with van der Waals surface area (Å²) in [4.78, 5) is 50.8. The zero-order valence-corrected chi connectivity index (χ0v) is 26.2. The van der Waals surface area contributed by atoms with E-state index < -0.39 is 47.6 Å². The molecule has 1 spiro atoms. The Morgan fingerprint density at radius 1 is 1.07 bits per heavy atom. The van der Waals surface area contributed by atoms with E-state index in [2.05, 4.69) is 27.0 Å². The summed E-state index contributed by atoms with van der Waals surface area (Å²) in [5.74, 6) is -2.49. The van der Waals surface area contributed by atoms with E-state index in [1.54, 1.807) is 12.2 Å². The lowest BCUT2D eigenvalue weighted by molar-refractivity contribution is -0.258. The molecule has 0 bridgehead atoms. The highest BCUT2D eigenvalue weighted by Gasteiger charge is 2.72. The monoisotopic (exact) mass is 588 g/mol. The molecule has 0 N–H and O–H groups in total. The van der Waals surface area contributed by atoms with Gasteiger partial charge in [-0.25, -0.2) is 0 Å². The van der Waals surface area contributed by atoms with Crippen molar-refractivity contribution in [3.8, 4) is 0 Å². The fraction of sp³-hybridized carbons (Fsp3) is 0.697. The fourth-order valence-corrected chi connectivity index (χ4v) is 6.98. The van der Waals surface area contributed by atoms with Crippen LogP contribution < -0.4 is 0 Å². The van der Waals surface area contributed by atoms with Gasteiger partial charge in [0.05, 0.1) is 5.92 Å². The molecule has 9 heteroatoms. The van der Waals surface area contributed by atoms with E-state index in [1.165, 1.54) is 13.8 Å². The Hall–Kier alpha value is -2.94. The molecule has 3 aliphatic rings. The topological polar surface area (TPSA) is 114 Å². The van der Waals surface area contributed by atoms with Crippen LogP contribution in [0, 0.1) is 28.6 Å². The molecule has 1 saturated heterocycles. The minimum Gasteiger partial charge on any atom is -0.461 e. The van der Waals surface area contributed by atoms with Gasteiger partial charge in [-0.2, -0.15) is 0 Å². The van der Waals surface area contributed by atoms with Gasteiger partial charge in [-0.1, -0.05) is 59.4 Å². The lowest BCUT2D eigenvalue weighted by Crippen LogP contribution is -2.64. The Balaban J connectivity index is 2.28. The number of carbonyl (C=O) groups is 4. The summed E-state index contributed by atoms with van der Waals surface area (Å²) in [5.41, 5.74) is -0.229. The predicted molar refractivity (Wildman–Crippen MR) is 155 cm³/mol. The minimum atomic E-state index is -1.22. The maximum absolute atomic E-state index is 13.0. The number of allylic oxidation sites excluding steroid dienone is 2. The van der Waals surface area contributed by atoms with E-state index in [0.29, 0.717) is 44.1 Å². The van der Waals surface area contributed by atoms with E-state index >= 15 is 0 Å². The van der Waals surface area contributed by atoms with Crippen LogP contribution in [-0.4, -0.2) is 48.7 Å². The molecule has 1 heterocycles. The van der Waals surface area contributed by atoms with E-state index in [4.69, 9.17) is 23.7 Å². The summed E-state index contributed by atoms with van der Waals surface area (Å²) >= 11 is 0. The lowest BCUT2D eigenvalue weighted by atomic mass is 9.45. The normalized spacial score (nSPS) is 34.1. The molecule has 0 aromatic rings. The lowest BCUT2D eigenvalue weighted by Gasteiger charge is -2.61. The van der Waals surface area contributed by atoms with Gasteiger partial charge in [-0.3, -0.25) is 23.9 Å². The molecule has 9 atom stereocenters. The molecular weight excluding hydrogens is 540 g/mol. The zero-order chi connectivity index (χ0) is 31.4. The first-order valence-electron chi connectivity index (χ1n) is 15.2. The molecule has 1 aliphatic heterocycles. The highest BCUT2D eigenvalue weighted by molar-refractivity contribution is 5.72. The van der Waals surface area contributed by atoms with E-state index in [1.807, 2.05) is 20.8 Å². The minimum absolute atomic E-state index is 0.0428. The Kier molecular flexibility index (Phi) is 10.8. The molecule has 0 aromatic heterocycles. The zero-order valence-electron chi connectivity index (χ0n) is 26.2. The van der Waals surface area contributed by atoms with Crippen molar-refractivity contribution in [1.29, 1.82) is 0 Å². The fourth-order valence-electron chi connectivity index (χ4n) is 6.98. The third-order valence-electron chi connectivity index (χ3n) is 9.65. The van der Waals surface area contributed by atoms with Crippen LogP contribution in [0.2, 0.25) is 0 Å². The molecule has 0 radical (unpaired) electrons. The average Bonchev–Trinajstić information content (AvgIpc) is 3.21. The van der Waals surface area contributed by atoms with Gasteiger partial charge in [0.25, 0.3) is 0 Å². The molecule has 0 amide bonds. The smallest absolute Gasteiger partial charge is 0.309 e. The van der Waals surface area contributed by atoms with E-state index in [9.17, 15) is 19.2 Å². The second-order valence-electron chi connectivity index (χ2n) is 12.4. The molecule has 3 rings (SSSR count). The summed E-state index contributed by atoms with van der Waals surface area (Å²) in [7, 11) is 0. The average molecular weight is 589 g/mol. The molecule has 2 unspecified atom stereocenters. The number of ether oxygens (including phenoxy) is 5. The van der Waals surface area contributed by atoms with Gasteiger partial charge in [-0.05, 0) is 61.9 Å². The highest BCUT2D eigenvalue weighted by atomic mass is 16.8. The van der Waals surface area contributed by atoms with Crippen LogP contribution in [0.3, 0.4) is 0 Å². The van der Waals surface area contributed by atoms with Gasteiger partial charge >= 0.3 is 23.9 Å². The number of hydrogen-bond donors (Lipinski definition) is 0. The standard InChI is InChI=1S/C33H48O9/c1-10-13-28(36)41-27-16-21(6)32(9,15-14-19(4)11-2)26-18-24(40-29(37)20(5)12-3)17-25-30(38-22(7)34)42-31(33(25,26)27)39-23(8)35/h11,17,20-21,24,26-27,30-31H,2,4,10,12-16,18H2,1,3,5-9H3/t20?,21-,24+,26+,27+,30+,31-,32-,33?/m0/s1. The Bertz CT molecular complexity index is 1110. The summed E-state index contributed by atoms with van der Waals surface area (Å²) in [5, 5.41) is 0. The largest absolute Gasteiger partial charge is 0.461 e. The molecule has 2 fully saturated rings. The first kappa shape index (κ1) is 33.6. The first-order valence-corrected chi connectivity index (χ1v) is 15.2. The van der Waals surface area contributed by atoms with E-state index in [0.717, 1.165) is 5.57 Å². The van der Waals surface area contributed by atoms with Crippen molar-refractivity contribution in [2.75, 3.05) is 0 Å². The van der Waals surface area contributed by atoms with Crippen LogP contribution in [0.4, 0.5) is 0 Å². The molecule has 9 nitrogen and oxygen atoms in total. The van der Waals surface area contributed by atoms with Crippen LogP contribution in [0.1, 0.15) is 93.4 Å². The van der Waals surface area contributed by atoms with Crippen molar-refractivity contribution in [3.63, 3.8) is 0 Å². The van der Waals surface area contributed by atoms with Gasteiger partial charge < -0.3 is 18.9 Å². The summed E-state index contributed by atoms with van der Waals surface area (Å²) in [6.07, 6.45) is 3.35. The molecule has 1 saturated carbocycles.